The highest BCUT2D eigenvalue weighted by Crippen LogP contribution is 2.38. The molecular weight excluding hydrogens is 783 g/mol. The number of aryl methyl sites for hydroxylation is 1. The molecule has 2 N–H and O–H groups in total. The molecule has 312 valence electrons. The van der Waals surface area contributed by atoms with E-state index in [9.17, 15) is 18.3 Å². The number of fused-ring (bicyclic) bond motifs is 1. The van der Waals surface area contributed by atoms with Crippen molar-refractivity contribution in [3.8, 4) is 5.88 Å². The zero-order chi connectivity index (χ0) is 42.0. The number of aliphatic imine (C=N–C) groups is 1. The molecule has 0 spiro atoms. The number of amidine groups is 1. The predicted octanol–water partition coefficient (Wildman–Crippen LogP) is 8.94. The number of sulfonamides is 1. The first-order valence-corrected chi connectivity index (χ1v) is 22.8. The van der Waals surface area contributed by atoms with E-state index in [-0.39, 0.29) is 41.5 Å². The number of rotatable bonds is 19. The summed E-state index contributed by atoms with van der Waals surface area (Å²) in [5.41, 5.74) is 2.61. The number of amides is 1. The number of thioether (sulfide) groups is 1. The fraction of sp³-hybridized carbons (Fsp3) is 0.370. The van der Waals surface area contributed by atoms with Crippen molar-refractivity contribution < 1.29 is 23.1 Å². The van der Waals surface area contributed by atoms with Crippen LogP contribution in [0.2, 0.25) is 0 Å². The van der Waals surface area contributed by atoms with Crippen LogP contribution in [0.15, 0.2) is 129 Å². The number of carbonyl (C=O) groups is 1. The topological polar surface area (TPSA) is 135 Å². The second kappa shape index (κ2) is 19.8. The largest absolute Gasteiger partial charge is 0.493 e. The molecule has 0 fully saturated rings. The van der Waals surface area contributed by atoms with Gasteiger partial charge in [-0.25, -0.2) is 22.8 Å². The maximum absolute atomic E-state index is 15.1. The standard InChI is InChI=1S/C46H55N5O6S2/c1-5-6-7-16-28-57-29-17-27-50-43(47-37-22-14-15-23-40(37)59(50,55)56)42(51-41(52)33-49(45(51)54)32-35-20-12-9-13-21-35)44(53)48-38-31-36(46(2,3)4)24-25-39(38)58-30-26-34-18-10-8-11-19-34/h8-15,18-25,31,33,42,52H,5-7,16-17,26-30,32H2,1-4H3,(H,48,53). The average Bonchev–Trinajstić information content (AvgIpc) is 3.48. The zero-order valence-electron chi connectivity index (χ0n) is 34.3. The summed E-state index contributed by atoms with van der Waals surface area (Å²) in [7, 11) is -4.28. The van der Waals surface area contributed by atoms with Gasteiger partial charge in [0.2, 0.25) is 5.88 Å². The van der Waals surface area contributed by atoms with E-state index >= 15 is 4.79 Å². The fourth-order valence-electron chi connectivity index (χ4n) is 6.99. The number of hydrogen-bond acceptors (Lipinski definition) is 8. The molecule has 0 saturated heterocycles. The molecule has 59 heavy (non-hydrogen) atoms. The highest BCUT2D eigenvalue weighted by Gasteiger charge is 2.42. The number of aromatic hydroxyl groups is 1. The molecule has 1 aliphatic heterocycles. The maximum Gasteiger partial charge on any atom is 0.332 e. The first kappa shape index (κ1) is 43.5. The molecule has 0 bridgehead atoms. The van der Waals surface area contributed by atoms with Crippen LogP contribution in [-0.2, 0) is 37.9 Å². The first-order valence-electron chi connectivity index (χ1n) is 20.3. The number of carbonyl (C=O) groups excluding carboxylic acids is 1. The Labute approximate surface area is 352 Å². The lowest BCUT2D eigenvalue weighted by Gasteiger charge is -2.33. The molecule has 13 heteroatoms. The average molecular weight is 838 g/mol. The minimum Gasteiger partial charge on any atom is -0.493 e. The lowest BCUT2D eigenvalue weighted by atomic mass is 9.87. The molecule has 2 heterocycles. The molecular formula is C46H55N5O6S2. The third-order valence-electron chi connectivity index (χ3n) is 10.2. The number of aromatic nitrogens is 2. The van der Waals surface area contributed by atoms with Crippen molar-refractivity contribution in [1.29, 1.82) is 0 Å². The van der Waals surface area contributed by atoms with Crippen molar-refractivity contribution in [3.63, 3.8) is 0 Å². The normalized spacial score (nSPS) is 14.1. The maximum atomic E-state index is 15.1. The summed E-state index contributed by atoms with van der Waals surface area (Å²) in [5, 5.41) is 14.7. The van der Waals surface area contributed by atoms with Gasteiger partial charge in [0.1, 0.15) is 4.90 Å². The van der Waals surface area contributed by atoms with Crippen LogP contribution in [0.4, 0.5) is 11.4 Å². The molecule has 1 unspecified atom stereocenters. The van der Waals surface area contributed by atoms with Gasteiger partial charge in [-0.2, -0.15) is 0 Å². The van der Waals surface area contributed by atoms with Gasteiger partial charge in [0, 0.05) is 30.4 Å². The number of anilines is 1. The molecule has 1 atom stereocenters. The molecule has 6 rings (SSSR count). The van der Waals surface area contributed by atoms with E-state index in [1.54, 1.807) is 30.0 Å². The number of para-hydroxylation sites is 1. The van der Waals surface area contributed by atoms with Crippen LogP contribution in [-0.4, -0.2) is 64.2 Å². The van der Waals surface area contributed by atoms with Crippen LogP contribution in [0, 0.1) is 0 Å². The summed E-state index contributed by atoms with van der Waals surface area (Å²) in [6, 6.07) is 30.0. The number of imidazole rings is 1. The van der Waals surface area contributed by atoms with Gasteiger partial charge >= 0.3 is 5.69 Å². The lowest BCUT2D eigenvalue weighted by Crippen LogP contribution is -2.49. The Bertz CT molecular complexity index is 2390. The predicted molar refractivity (Wildman–Crippen MR) is 237 cm³/mol. The van der Waals surface area contributed by atoms with Gasteiger partial charge in [-0.15, -0.1) is 11.8 Å². The van der Waals surface area contributed by atoms with Crippen molar-refractivity contribution in [2.75, 3.05) is 30.8 Å². The van der Waals surface area contributed by atoms with E-state index in [0.29, 0.717) is 18.7 Å². The Morgan fingerprint density at radius 2 is 1.56 bits per heavy atom. The molecule has 11 nitrogen and oxygen atoms in total. The van der Waals surface area contributed by atoms with E-state index in [2.05, 4.69) is 45.1 Å². The minimum absolute atomic E-state index is 0.0170. The Balaban J connectivity index is 1.42. The smallest absolute Gasteiger partial charge is 0.332 e. The van der Waals surface area contributed by atoms with Gasteiger partial charge in [0.25, 0.3) is 15.9 Å². The van der Waals surface area contributed by atoms with Crippen molar-refractivity contribution in [2.45, 2.75) is 94.0 Å². The van der Waals surface area contributed by atoms with Crippen LogP contribution in [0.1, 0.15) is 82.5 Å². The Morgan fingerprint density at radius 3 is 2.27 bits per heavy atom. The van der Waals surface area contributed by atoms with Crippen molar-refractivity contribution in [3.05, 3.63) is 136 Å². The van der Waals surface area contributed by atoms with E-state index in [1.165, 1.54) is 22.4 Å². The third kappa shape index (κ3) is 10.7. The van der Waals surface area contributed by atoms with E-state index < -0.39 is 33.5 Å². The fourth-order valence-corrected chi connectivity index (χ4v) is 9.60. The zero-order valence-corrected chi connectivity index (χ0v) is 36.0. The minimum atomic E-state index is -4.28. The molecule has 0 aliphatic carbocycles. The summed E-state index contributed by atoms with van der Waals surface area (Å²) < 4.78 is 38.3. The summed E-state index contributed by atoms with van der Waals surface area (Å²) in [6.07, 6.45) is 6.55. The van der Waals surface area contributed by atoms with E-state index in [4.69, 9.17) is 9.73 Å². The Hall–Kier alpha value is -5.11. The number of nitrogens with zero attached hydrogens (tertiary/aromatic N) is 4. The van der Waals surface area contributed by atoms with Crippen LogP contribution in [0.25, 0.3) is 0 Å². The van der Waals surface area contributed by atoms with Crippen molar-refractivity contribution >= 4 is 44.9 Å². The second-order valence-electron chi connectivity index (χ2n) is 15.7. The first-order chi connectivity index (χ1) is 28.4. The number of hydrogen-bond donors (Lipinski definition) is 2. The third-order valence-corrected chi connectivity index (χ3v) is 13.2. The highest BCUT2D eigenvalue weighted by molar-refractivity contribution is 7.99. The number of unbranched alkanes of at least 4 members (excludes halogenated alkanes) is 3. The van der Waals surface area contributed by atoms with Gasteiger partial charge in [-0.05, 0) is 65.6 Å². The molecule has 0 radical (unpaired) electrons. The monoisotopic (exact) mass is 837 g/mol. The highest BCUT2D eigenvalue weighted by atomic mass is 32.2. The SMILES string of the molecule is CCCCCCOCCCN1C(C(C(=O)Nc2cc(C(C)(C)C)ccc2SCCc2ccccc2)n2c(O)cn(Cc3ccccc3)c2=O)=Nc2ccccc2S1(=O)=O. The summed E-state index contributed by atoms with van der Waals surface area (Å²) >= 11 is 1.58. The van der Waals surface area contributed by atoms with Gasteiger partial charge in [-0.1, -0.05) is 126 Å². The molecule has 5 aromatic rings. The van der Waals surface area contributed by atoms with Gasteiger partial charge in [0.05, 0.1) is 24.1 Å². The summed E-state index contributed by atoms with van der Waals surface area (Å²) in [4.78, 5) is 35.2. The van der Waals surface area contributed by atoms with Crippen LogP contribution < -0.4 is 11.0 Å². The molecule has 0 saturated carbocycles. The van der Waals surface area contributed by atoms with Crippen LogP contribution in [0.3, 0.4) is 0 Å². The molecule has 1 aromatic heterocycles. The van der Waals surface area contributed by atoms with Crippen LogP contribution in [0.5, 0.6) is 5.88 Å². The summed E-state index contributed by atoms with van der Waals surface area (Å²) in [5.74, 6) is -0.726. The van der Waals surface area contributed by atoms with Crippen LogP contribution >= 0.6 is 11.8 Å². The van der Waals surface area contributed by atoms with E-state index in [1.807, 2.05) is 66.7 Å². The quantitative estimate of drug-likeness (QED) is 0.0627. The lowest BCUT2D eigenvalue weighted by molar-refractivity contribution is -0.117. The Morgan fingerprint density at radius 1 is 0.881 bits per heavy atom. The van der Waals surface area contributed by atoms with E-state index in [0.717, 1.165) is 62.8 Å². The summed E-state index contributed by atoms with van der Waals surface area (Å²) in [6.45, 7) is 9.26. The molecule has 1 amide bonds. The van der Waals surface area contributed by atoms with Crippen molar-refractivity contribution in [2.24, 2.45) is 4.99 Å². The molecule has 4 aromatic carbocycles. The van der Waals surface area contributed by atoms with Crippen molar-refractivity contribution in [1.82, 2.24) is 13.4 Å². The Kier molecular flexibility index (Phi) is 14.6. The van der Waals surface area contributed by atoms with Gasteiger partial charge < -0.3 is 15.2 Å². The molecule has 1 aliphatic rings. The van der Waals surface area contributed by atoms with Gasteiger partial charge in [-0.3, -0.25) is 13.7 Å². The second-order valence-corrected chi connectivity index (χ2v) is 18.7. The number of nitrogens with one attached hydrogen (secondary N) is 1. The van der Waals surface area contributed by atoms with Gasteiger partial charge in [0.15, 0.2) is 11.9 Å². The number of benzene rings is 4. The number of ether oxygens (including phenoxy) is 1.